The maximum Gasteiger partial charge on any atom is 0.404 e. The molecule has 0 heterocycles. The lowest BCUT2D eigenvalue weighted by molar-refractivity contribution is -0.132. The molecule has 1 unspecified atom stereocenters. The van der Waals surface area contributed by atoms with Gasteiger partial charge in [-0.05, 0) is 24.1 Å². The monoisotopic (exact) mass is 326 g/mol. The fourth-order valence-electron chi connectivity index (χ4n) is 1.24. The van der Waals surface area contributed by atoms with Crippen molar-refractivity contribution in [1.29, 1.82) is 0 Å². The van der Waals surface area contributed by atoms with Crippen LogP contribution >= 0.6 is 15.9 Å². The third kappa shape index (κ3) is 5.27. The van der Waals surface area contributed by atoms with Crippen LogP contribution in [0.15, 0.2) is 24.3 Å². The molecule has 1 atom stereocenters. The van der Waals surface area contributed by atoms with Gasteiger partial charge in [0, 0.05) is 7.11 Å². The number of benzene rings is 1. The van der Waals surface area contributed by atoms with Crippen LogP contribution in [0.4, 0.5) is 13.2 Å². The van der Waals surface area contributed by atoms with E-state index in [1.165, 1.54) is 0 Å². The minimum absolute atomic E-state index is 0.421. The molecule has 0 aliphatic carbocycles. The van der Waals surface area contributed by atoms with Crippen molar-refractivity contribution in [2.75, 3.05) is 20.3 Å². The van der Waals surface area contributed by atoms with E-state index < -0.39 is 17.6 Å². The van der Waals surface area contributed by atoms with Gasteiger partial charge in [-0.2, -0.15) is 13.2 Å². The predicted octanol–water partition coefficient (Wildman–Crippen LogP) is 3.58. The zero-order valence-corrected chi connectivity index (χ0v) is 11.4. The van der Waals surface area contributed by atoms with Gasteiger partial charge < -0.3 is 9.47 Å². The summed E-state index contributed by atoms with van der Waals surface area (Å²) in [6.07, 6.45) is -3.53. The summed E-state index contributed by atoms with van der Waals surface area (Å²) in [5.74, 6) is 0.421. The SMILES string of the molecule is COCCc1ccc(OCC(Br)C(F)(F)F)cc1. The first kappa shape index (κ1) is 15.3. The van der Waals surface area contributed by atoms with E-state index in [9.17, 15) is 13.2 Å². The Hall–Kier alpha value is -0.750. The molecule has 0 saturated heterocycles. The zero-order valence-electron chi connectivity index (χ0n) is 9.84. The van der Waals surface area contributed by atoms with Gasteiger partial charge in [0.15, 0.2) is 0 Å². The van der Waals surface area contributed by atoms with Crippen molar-refractivity contribution in [1.82, 2.24) is 0 Å². The molecule has 1 aromatic carbocycles. The molecule has 0 amide bonds. The Balaban J connectivity index is 2.44. The molecule has 0 radical (unpaired) electrons. The Bertz CT molecular complexity index is 351. The van der Waals surface area contributed by atoms with Crippen LogP contribution in [0.25, 0.3) is 0 Å². The normalized spacial score (nSPS) is 13.4. The smallest absolute Gasteiger partial charge is 0.404 e. The summed E-state index contributed by atoms with van der Waals surface area (Å²) in [5.41, 5.74) is 1.05. The third-order valence-electron chi connectivity index (χ3n) is 2.27. The molecule has 0 fully saturated rings. The maximum absolute atomic E-state index is 12.2. The molecular formula is C12H14BrF3O2. The lowest BCUT2D eigenvalue weighted by atomic mass is 10.1. The van der Waals surface area contributed by atoms with Crippen molar-refractivity contribution in [2.24, 2.45) is 0 Å². The van der Waals surface area contributed by atoms with E-state index >= 15 is 0 Å². The summed E-state index contributed by atoms with van der Waals surface area (Å²) in [6, 6.07) is 6.93. The first-order valence-corrected chi connectivity index (χ1v) is 6.26. The van der Waals surface area contributed by atoms with E-state index in [0.29, 0.717) is 12.4 Å². The second-order valence-electron chi connectivity index (χ2n) is 3.71. The van der Waals surface area contributed by atoms with Crippen molar-refractivity contribution < 1.29 is 22.6 Å². The fraction of sp³-hybridized carbons (Fsp3) is 0.500. The molecule has 0 aromatic heterocycles. The molecule has 102 valence electrons. The Kier molecular flexibility index (Phi) is 5.95. The number of alkyl halides is 4. The van der Waals surface area contributed by atoms with Crippen LogP contribution in [-0.2, 0) is 11.2 Å². The average molecular weight is 327 g/mol. The van der Waals surface area contributed by atoms with Gasteiger partial charge in [-0.3, -0.25) is 0 Å². The fourth-order valence-corrected chi connectivity index (χ4v) is 1.37. The second kappa shape index (κ2) is 6.99. The van der Waals surface area contributed by atoms with E-state index in [1.807, 2.05) is 12.1 Å². The van der Waals surface area contributed by atoms with Crippen molar-refractivity contribution >= 4 is 15.9 Å². The lowest BCUT2D eigenvalue weighted by Crippen LogP contribution is -2.28. The molecule has 0 aliphatic rings. The molecule has 0 bridgehead atoms. The van der Waals surface area contributed by atoms with E-state index in [-0.39, 0.29) is 0 Å². The van der Waals surface area contributed by atoms with Crippen LogP contribution in [0, 0.1) is 0 Å². The Morgan fingerprint density at radius 1 is 1.22 bits per heavy atom. The topological polar surface area (TPSA) is 18.5 Å². The van der Waals surface area contributed by atoms with Gasteiger partial charge in [-0.1, -0.05) is 28.1 Å². The van der Waals surface area contributed by atoms with E-state index in [4.69, 9.17) is 9.47 Å². The largest absolute Gasteiger partial charge is 0.492 e. The van der Waals surface area contributed by atoms with Crippen LogP contribution in [0.1, 0.15) is 5.56 Å². The van der Waals surface area contributed by atoms with Crippen LogP contribution in [0.2, 0.25) is 0 Å². The minimum atomic E-state index is -4.29. The molecule has 1 aromatic rings. The third-order valence-corrected chi connectivity index (χ3v) is 3.05. The molecule has 2 nitrogen and oxygen atoms in total. The molecular weight excluding hydrogens is 313 g/mol. The van der Waals surface area contributed by atoms with Crippen LogP contribution < -0.4 is 4.74 Å². The molecule has 18 heavy (non-hydrogen) atoms. The number of rotatable bonds is 6. The van der Waals surface area contributed by atoms with E-state index in [0.717, 1.165) is 12.0 Å². The van der Waals surface area contributed by atoms with Crippen LogP contribution in [0.5, 0.6) is 5.75 Å². The van der Waals surface area contributed by atoms with Gasteiger partial charge in [0.2, 0.25) is 0 Å². The first-order valence-electron chi connectivity index (χ1n) is 5.35. The highest BCUT2D eigenvalue weighted by molar-refractivity contribution is 9.09. The molecule has 0 aliphatic heterocycles. The Morgan fingerprint density at radius 2 is 1.83 bits per heavy atom. The van der Waals surface area contributed by atoms with Gasteiger partial charge in [-0.25, -0.2) is 0 Å². The molecule has 6 heteroatoms. The highest BCUT2D eigenvalue weighted by Gasteiger charge is 2.38. The molecule has 0 N–H and O–H groups in total. The summed E-state index contributed by atoms with van der Waals surface area (Å²) in [4.78, 5) is -1.65. The van der Waals surface area contributed by atoms with Gasteiger partial charge in [0.25, 0.3) is 0 Å². The summed E-state index contributed by atoms with van der Waals surface area (Å²) < 4.78 is 46.6. The summed E-state index contributed by atoms with van der Waals surface area (Å²) in [6.45, 7) is 0.165. The Labute approximate surface area is 112 Å². The van der Waals surface area contributed by atoms with Crippen molar-refractivity contribution in [3.05, 3.63) is 29.8 Å². The van der Waals surface area contributed by atoms with E-state index in [2.05, 4.69) is 15.9 Å². The van der Waals surface area contributed by atoms with Crippen molar-refractivity contribution in [3.8, 4) is 5.75 Å². The quantitative estimate of drug-likeness (QED) is 0.744. The predicted molar refractivity (Wildman–Crippen MR) is 66.3 cm³/mol. The lowest BCUT2D eigenvalue weighted by Gasteiger charge is -2.14. The standard InChI is InChI=1S/C12H14BrF3O2/c1-17-7-6-9-2-4-10(5-3-9)18-8-11(13)12(14,15)16/h2-5,11H,6-8H2,1H3. The number of methoxy groups -OCH3 is 1. The second-order valence-corrected chi connectivity index (χ2v) is 4.81. The minimum Gasteiger partial charge on any atom is -0.492 e. The highest BCUT2D eigenvalue weighted by Crippen LogP contribution is 2.27. The van der Waals surface area contributed by atoms with Crippen molar-refractivity contribution in [3.63, 3.8) is 0 Å². The van der Waals surface area contributed by atoms with Gasteiger partial charge >= 0.3 is 6.18 Å². The van der Waals surface area contributed by atoms with E-state index in [1.54, 1.807) is 19.2 Å². The summed E-state index contributed by atoms with van der Waals surface area (Å²) >= 11 is 2.54. The van der Waals surface area contributed by atoms with Crippen molar-refractivity contribution in [2.45, 2.75) is 17.4 Å². The van der Waals surface area contributed by atoms with Gasteiger partial charge in [-0.15, -0.1) is 0 Å². The van der Waals surface area contributed by atoms with Crippen LogP contribution in [0.3, 0.4) is 0 Å². The number of hydrogen-bond donors (Lipinski definition) is 0. The van der Waals surface area contributed by atoms with Crippen LogP contribution in [-0.4, -0.2) is 31.3 Å². The van der Waals surface area contributed by atoms with Gasteiger partial charge in [0.05, 0.1) is 6.61 Å². The first-order chi connectivity index (χ1) is 8.43. The number of halogens is 4. The highest BCUT2D eigenvalue weighted by atomic mass is 79.9. The zero-order chi connectivity index (χ0) is 13.6. The number of ether oxygens (including phenoxy) is 2. The summed E-state index contributed by atoms with van der Waals surface area (Å²) in [5, 5.41) is 0. The van der Waals surface area contributed by atoms with Gasteiger partial charge in [0.1, 0.15) is 17.2 Å². The molecule has 0 saturated carbocycles. The summed E-state index contributed by atoms with van der Waals surface area (Å²) in [7, 11) is 1.62. The molecule has 1 rings (SSSR count). The number of hydrogen-bond acceptors (Lipinski definition) is 2. The molecule has 0 spiro atoms. The average Bonchev–Trinajstić information content (AvgIpc) is 2.33. The Morgan fingerprint density at radius 3 is 2.33 bits per heavy atom. The maximum atomic E-state index is 12.2.